The van der Waals surface area contributed by atoms with E-state index in [1.165, 1.54) is 0 Å². The van der Waals surface area contributed by atoms with E-state index < -0.39 is 48.4 Å². The van der Waals surface area contributed by atoms with Gasteiger partial charge in [0.2, 0.25) is 11.8 Å². The summed E-state index contributed by atoms with van der Waals surface area (Å²) in [4.78, 5) is 52.7. The molecule has 0 aromatic carbocycles. The van der Waals surface area contributed by atoms with Crippen molar-refractivity contribution < 1.29 is 39.3 Å². The Morgan fingerprint density at radius 3 is 2.00 bits per heavy atom. The number of carbonyl (C=O) groups is 5. The Bertz CT molecular complexity index is 467. The van der Waals surface area contributed by atoms with E-state index >= 15 is 0 Å². The van der Waals surface area contributed by atoms with Gasteiger partial charge >= 0.3 is 11.9 Å². The van der Waals surface area contributed by atoms with Crippen molar-refractivity contribution in [3.8, 4) is 0 Å². The maximum atomic E-state index is 11.5. The van der Waals surface area contributed by atoms with Crippen molar-refractivity contribution in [3.63, 3.8) is 0 Å². The van der Waals surface area contributed by atoms with Crippen molar-refractivity contribution in [3.05, 3.63) is 0 Å². The smallest absolute Gasteiger partial charge is 0.322 e. The summed E-state index contributed by atoms with van der Waals surface area (Å²) < 4.78 is 0. The molecule has 24 heavy (non-hydrogen) atoms. The zero-order chi connectivity index (χ0) is 19.3. The van der Waals surface area contributed by atoms with Crippen molar-refractivity contribution in [1.82, 2.24) is 10.6 Å². The van der Waals surface area contributed by atoms with Gasteiger partial charge in [-0.3, -0.25) is 24.0 Å². The van der Waals surface area contributed by atoms with Gasteiger partial charge in [0.1, 0.15) is 18.6 Å². The molecule has 0 saturated carbocycles. The molecule has 0 radical (unpaired) electrons. The van der Waals surface area contributed by atoms with E-state index in [4.69, 9.17) is 25.8 Å². The average Bonchev–Trinajstić information content (AvgIpc) is 2.46. The van der Waals surface area contributed by atoms with Gasteiger partial charge < -0.3 is 31.7 Å². The molecule has 0 aliphatic carbocycles. The number of rotatable bonds is 9. The molecule has 0 aromatic heterocycles. The van der Waals surface area contributed by atoms with E-state index in [0.29, 0.717) is 0 Å². The lowest BCUT2D eigenvalue weighted by Crippen LogP contribution is -2.49. The van der Waals surface area contributed by atoms with Crippen LogP contribution in [-0.2, 0) is 24.0 Å². The van der Waals surface area contributed by atoms with Crippen LogP contribution in [0.2, 0.25) is 0 Å². The lowest BCUT2D eigenvalue weighted by molar-refractivity contribution is -0.139. The summed E-state index contributed by atoms with van der Waals surface area (Å²) in [7, 11) is 0. The van der Waals surface area contributed by atoms with Crippen molar-refractivity contribution in [1.29, 1.82) is 0 Å². The normalized spacial score (nSPS) is 12.0. The minimum absolute atomic E-state index is 0.0256. The third kappa shape index (κ3) is 14.6. The third-order valence-corrected chi connectivity index (χ3v) is 2.61. The van der Waals surface area contributed by atoms with Crippen LogP contribution in [-0.4, -0.2) is 69.4 Å². The summed E-state index contributed by atoms with van der Waals surface area (Å²) in [5, 5.41) is 28.8. The van der Waals surface area contributed by atoms with Gasteiger partial charge in [-0.1, -0.05) is 0 Å². The largest absolute Gasteiger partial charge is 0.481 e. The first-order valence-corrected chi connectivity index (χ1v) is 7.22. The van der Waals surface area contributed by atoms with Gasteiger partial charge in [-0.05, 0) is 6.42 Å². The predicted molar refractivity (Wildman–Crippen MR) is 84.6 cm³/mol. The zero-order valence-electron chi connectivity index (χ0n) is 12.9. The molecular formula is C12H21N3O8S. The standard InChI is InChI=1S/C10H17N3O6S.C2H4O2/c11-5(10(18)19)1-2-7(14)13-6(4-20)9(17)12-3-8(15)16;1-2(3)4/h5-6,20H,1-4,11H2,(H,12,17)(H,13,14)(H,15,16)(H,18,19);1H3,(H,3,4). The molecule has 12 heteroatoms. The van der Waals surface area contributed by atoms with E-state index in [2.05, 4.69) is 23.3 Å². The predicted octanol–water partition coefficient (Wildman–Crippen LogP) is -2.12. The van der Waals surface area contributed by atoms with Crippen molar-refractivity contribution in [2.24, 2.45) is 5.73 Å². The number of nitrogens with two attached hydrogens (primary N) is 1. The highest BCUT2D eigenvalue weighted by Gasteiger charge is 2.20. The quantitative estimate of drug-likeness (QED) is 0.223. The molecule has 2 amide bonds. The highest BCUT2D eigenvalue weighted by atomic mass is 32.1. The van der Waals surface area contributed by atoms with Gasteiger partial charge in [-0.15, -0.1) is 0 Å². The molecule has 2 unspecified atom stereocenters. The van der Waals surface area contributed by atoms with Crippen LogP contribution in [0.3, 0.4) is 0 Å². The Morgan fingerprint density at radius 2 is 1.62 bits per heavy atom. The van der Waals surface area contributed by atoms with Gasteiger partial charge in [0.15, 0.2) is 0 Å². The van der Waals surface area contributed by atoms with Gasteiger partial charge in [0.25, 0.3) is 5.97 Å². The fourth-order valence-corrected chi connectivity index (χ4v) is 1.41. The van der Waals surface area contributed by atoms with Crippen LogP contribution in [0, 0.1) is 0 Å². The second-order valence-corrected chi connectivity index (χ2v) is 4.78. The summed E-state index contributed by atoms with van der Waals surface area (Å²) in [6.07, 6.45) is -0.235. The third-order valence-electron chi connectivity index (χ3n) is 2.25. The maximum Gasteiger partial charge on any atom is 0.322 e. The fraction of sp³-hybridized carbons (Fsp3) is 0.583. The average molecular weight is 367 g/mol. The molecule has 0 fully saturated rings. The van der Waals surface area contributed by atoms with Gasteiger partial charge in [0, 0.05) is 19.1 Å². The SMILES string of the molecule is CC(=O)O.NC(CCC(=O)NC(CS)C(=O)NCC(=O)O)C(=O)O. The Morgan fingerprint density at radius 1 is 1.12 bits per heavy atom. The number of hydrogen-bond donors (Lipinski definition) is 7. The highest BCUT2D eigenvalue weighted by molar-refractivity contribution is 7.80. The monoisotopic (exact) mass is 367 g/mol. The molecule has 0 aliphatic rings. The van der Waals surface area contributed by atoms with Crippen LogP contribution >= 0.6 is 12.6 Å². The first-order chi connectivity index (χ1) is 11.0. The summed E-state index contributed by atoms with van der Waals surface area (Å²) in [6, 6.07) is -2.15. The van der Waals surface area contributed by atoms with Crippen LogP contribution in [0.5, 0.6) is 0 Å². The molecular weight excluding hydrogens is 346 g/mol. The van der Waals surface area contributed by atoms with Crippen LogP contribution in [0.1, 0.15) is 19.8 Å². The number of thiol groups is 1. The first kappa shape index (κ1) is 23.9. The van der Waals surface area contributed by atoms with Crippen LogP contribution < -0.4 is 16.4 Å². The molecule has 0 spiro atoms. The summed E-state index contributed by atoms with van der Waals surface area (Å²) in [5.74, 6) is -4.54. The van der Waals surface area contributed by atoms with Crippen LogP contribution in [0.15, 0.2) is 0 Å². The van der Waals surface area contributed by atoms with Gasteiger partial charge in [-0.2, -0.15) is 12.6 Å². The molecule has 0 aliphatic heterocycles. The number of hydrogen-bond acceptors (Lipinski definition) is 7. The molecule has 2 atom stereocenters. The van der Waals surface area contributed by atoms with E-state index in [9.17, 15) is 19.2 Å². The van der Waals surface area contributed by atoms with Crippen molar-refractivity contribution in [2.75, 3.05) is 12.3 Å². The lowest BCUT2D eigenvalue weighted by Gasteiger charge is -2.16. The molecule has 0 saturated heterocycles. The molecule has 11 nitrogen and oxygen atoms in total. The number of amides is 2. The Kier molecular flexibility index (Phi) is 13.1. The Hall–Kier alpha value is -2.34. The fourth-order valence-electron chi connectivity index (χ4n) is 1.16. The summed E-state index contributed by atoms with van der Waals surface area (Å²) >= 11 is 3.87. The lowest BCUT2D eigenvalue weighted by atomic mass is 10.1. The molecule has 138 valence electrons. The topological polar surface area (TPSA) is 196 Å². The minimum atomic E-state index is -1.22. The number of aliphatic carboxylic acids is 3. The highest BCUT2D eigenvalue weighted by Crippen LogP contribution is 1.97. The minimum Gasteiger partial charge on any atom is -0.481 e. The van der Waals surface area contributed by atoms with E-state index in [1.807, 2.05) is 0 Å². The van der Waals surface area contributed by atoms with Crippen LogP contribution in [0.25, 0.3) is 0 Å². The molecule has 0 heterocycles. The molecule has 0 aromatic rings. The van der Waals surface area contributed by atoms with E-state index in [0.717, 1.165) is 6.92 Å². The van der Waals surface area contributed by atoms with Crippen molar-refractivity contribution >= 4 is 42.4 Å². The zero-order valence-corrected chi connectivity index (χ0v) is 13.8. The van der Waals surface area contributed by atoms with Crippen molar-refractivity contribution in [2.45, 2.75) is 31.8 Å². The molecule has 0 bridgehead atoms. The summed E-state index contributed by atoms with van der Waals surface area (Å²) in [6.45, 7) is 0.517. The van der Waals surface area contributed by atoms with E-state index in [-0.39, 0.29) is 18.6 Å². The van der Waals surface area contributed by atoms with Gasteiger partial charge in [-0.25, -0.2) is 0 Å². The Labute approximate surface area is 143 Å². The second-order valence-electron chi connectivity index (χ2n) is 4.42. The molecule has 7 N–H and O–H groups in total. The summed E-state index contributed by atoms with van der Waals surface area (Å²) in [5.41, 5.74) is 5.23. The maximum absolute atomic E-state index is 11.5. The second kappa shape index (κ2) is 13.1. The number of carboxylic acids is 3. The first-order valence-electron chi connectivity index (χ1n) is 6.58. The molecule has 0 rings (SSSR count). The number of carboxylic acid groups (broad SMARTS) is 3. The number of carbonyl (C=O) groups excluding carboxylic acids is 2. The number of nitrogens with one attached hydrogen (secondary N) is 2. The van der Waals surface area contributed by atoms with Crippen LogP contribution in [0.4, 0.5) is 0 Å². The van der Waals surface area contributed by atoms with Gasteiger partial charge in [0.05, 0.1) is 0 Å². The Balaban J connectivity index is 0. The van der Waals surface area contributed by atoms with E-state index in [1.54, 1.807) is 0 Å².